The van der Waals surface area contributed by atoms with Gasteiger partial charge in [-0.05, 0) is 63.7 Å². The number of carbonyl (C=O) groups is 3. The fourth-order valence-electron chi connectivity index (χ4n) is 8.16. The third-order valence-electron chi connectivity index (χ3n) is 9.69. The van der Waals surface area contributed by atoms with E-state index in [0.29, 0.717) is 0 Å². The zero-order valence-electron chi connectivity index (χ0n) is 21.3. The lowest BCUT2D eigenvalue weighted by Gasteiger charge is -2.63. The molecule has 1 N–H and O–H groups in total. The summed E-state index contributed by atoms with van der Waals surface area (Å²) in [5.41, 5.74) is -6.46. The number of alkyl halides is 2. The second kappa shape index (κ2) is 7.77. The van der Waals surface area contributed by atoms with Gasteiger partial charge in [0, 0.05) is 23.2 Å². The summed E-state index contributed by atoms with van der Waals surface area (Å²) in [7, 11) is 0. The van der Waals surface area contributed by atoms with Crippen LogP contribution in [0.1, 0.15) is 60.3 Å². The lowest BCUT2D eigenvalue weighted by atomic mass is 9.44. The number of halogens is 2. The van der Waals surface area contributed by atoms with E-state index >= 15 is 8.78 Å². The van der Waals surface area contributed by atoms with E-state index in [4.69, 9.17) is 14.2 Å². The normalized spacial score (nSPS) is 48.4. The molecule has 198 valence electrons. The summed E-state index contributed by atoms with van der Waals surface area (Å²) in [4.78, 5) is 37.6. The first kappa shape index (κ1) is 25.7. The minimum Gasteiger partial charge on any atom is -0.458 e. The van der Waals surface area contributed by atoms with E-state index in [1.165, 1.54) is 19.1 Å². The fraction of sp³-hybridized carbons (Fsp3) is 0.741. The van der Waals surface area contributed by atoms with E-state index < -0.39 is 82.2 Å². The molecule has 7 nitrogen and oxygen atoms in total. The van der Waals surface area contributed by atoms with Crippen LogP contribution in [0.4, 0.5) is 8.78 Å². The Morgan fingerprint density at radius 1 is 1.19 bits per heavy atom. The molecule has 9 atom stereocenters. The number of fused-ring (bicyclic) bond motifs is 7. The molecule has 0 amide bonds. The first-order valence-electron chi connectivity index (χ1n) is 12.7. The molecule has 1 heterocycles. The van der Waals surface area contributed by atoms with Crippen molar-refractivity contribution >= 4 is 17.5 Å². The molecule has 5 unspecified atom stereocenters. The Morgan fingerprint density at radius 2 is 1.89 bits per heavy atom. The molecule has 0 spiro atoms. The number of aliphatic hydroxyl groups is 1. The second-order valence-electron chi connectivity index (χ2n) is 11.9. The van der Waals surface area contributed by atoms with Gasteiger partial charge in [-0.3, -0.25) is 14.4 Å². The first-order chi connectivity index (χ1) is 16.7. The first-order valence-corrected chi connectivity index (χ1v) is 12.7. The van der Waals surface area contributed by atoms with E-state index in [9.17, 15) is 19.5 Å². The summed E-state index contributed by atoms with van der Waals surface area (Å²) in [5, 5.41) is 11.5. The fourth-order valence-corrected chi connectivity index (χ4v) is 8.16. The Labute approximate surface area is 209 Å². The van der Waals surface area contributed by atoms with Crippen LogP contribution in [0.5, 0.6) is 0 Å². The second-order valence-corrected chi connectivity index (χ2v) is 11.9. The molecule has 1 saturated heterocycles. The van der Waals surface area contributed by atoms with Gasteiger partial charge in [-0.15, -0.1) is 0 Å². The van der Waals surface area contributed by atoms with E-state index in [2.05, 4.69) is 0 Å². The molecule has 0 radical (unpaired) electrons. The maximum absolute atomic E-state index is 17.3. The summed E-state index contributed by atoms with van der Waals surface area (Å²) in [6.45, 7) is 7.73. The van der Waals surface area contributed by atoms with Crippen molar-refractivity contribution in [2.24, 2.45) is 22.7 Å². The number of ketones is 2. The third-order valence-corrected chi connectivity index (χ3v) is 9.69. The molecule has 5 aliphatic rings. The van der Waals surface area contributed by atoms with Crippen LogP contribution in [0.2, 0.25) is 0 Å². The minimum absolute atomic E-state index is 0.0421. The van der Waals surface area contributed by atoms with Crippen LogP contribution in [0.3, 0.4) is 0 Å². The molecule has 4 aliphatic carbocycles. The highest BCUT2D eigenvalue weighted by Gasteiger charge is 2.80. The van der Waals surface area contributed by atoms with Gasteiger partial charge in [-0.25, -0.2) is 8.78 Å². The number of hydrogen-bond acceptors (Lipinski definition) is 7. The molecule has 3 saturated carbocycles. The molecule has 0 aromatic heterocycles. The van der Waals surface area contributed by atoms with Gasteiger partial charge >= 0.3 is 5.97 Å². The van der Waals surface area contributed by atoms with E-state index in [-0.39, 0.29) is 31.3 Å². The quantitative estimate of drug-likeness (QED) is 0.582. The molecule has 5 rings (SSSR count). The standard InChI is InChI=1S/C27H34F2O7/c1-6-22(33)34-13-20(32)27-21(35-23(2,3)36-27)11-15-16-10-18(28)17-9-14(30)7-8-24(17,4)26(16,29)19(31)12-25(15,27)5/h7-9,15-16,18-19,21,31H,6,10-13H2,1-5H3/t15?,16?,18?,19?,21?,24-,25-,26-,27+/m0/s1. The van der Waals surface area contributed by atoms with Crippen molar-refractivity contribution in [2.45, 2.75) is 95.7 Å². The van der Waals surface area contributed by atoms with E-state index in [1.54, 1.807) is 27.7 Å². The zero-order chi connectivity index (χ0) is 26.5. The predicted octanol–water partition coefficient (Wildman–Crippen LogP) is 3.33. The number of Topliss-reactive ketones (excluding diaryl/α,β-unsaturated/α-hetero) is 1. The van der Waals surface area contributed by atoms with Crippen molar-refractivity contribution in [2.75, 3.05) is 6.61 Å². The van der Waals surface area contributed by atoms with Crippen molar-refractivity contribution < 1.29 is 42.5 Å². The maximum atomic E-state index is 17.3. The average Bonchev–Trinajstić information content (AvgIpc) is 3.21. The Bertz CT molecular complexity index is 1080. The Kier molecular flexibility index (Phi) is 5.54. The van der Waals surface area contributed by atoms with Gasteiger partial charge in [-0.2, -0.15) is 0 Å². The van der Waals surface area contributed by atoms with Crippen LogP contribution in [0.15, 0.2) is 23.8 Å². The number of rotatable bonds is 4. The number of ether oxygens (including phenoxy) is 3. The van der Waals surface area contributed by atoms with Gasteiger partial charge in [0.05, 0.1) is 12.2 Å². The van der Waals surface area contributed by atoms with Crippen LogP contribution in [-0.2, 0) is 28.6 Å². The third kappa shape index (κ3) is 3.02. The number of carbonyl (C=O) groups excluding carboxylic acids is 3. The Balaban J connectivity index is 1.60. The van der Waals surface area contributed by atoms with Crippen LogP contribution >= 0.6 is 0 Å². The molecular weight excluding hydrogens is 474 g/mol. The van der Waals surface area contributed by atoms with Crippen molar-refractivity contribution in [1.82, 2.24) is 0 Å². The summed E-state index contributed by atoms with van der Waals surface area (Å²) in [6, 6.07) is 0. The van der Waals surface area contributed by atoms with Crippen LogP contribution in [0, 0.1) is 22.7 Å². The predicted molar refractivity (Wildman–Crippen MR) is 123 cm³/mol. The highest BCUT2D eigenvalue weighted by atomic mass is 19.1. The summed E-state index contributed by atoms with van der Waals surface area (Å²) in [6.07, 6.45) is -0.236. The van der Waals surface area contributed by atoms with Gasteiger partial charge in [0.15, 0.2) is 29.4 Å². The van der Waals surface area contributed by atoms with Crippen molar-refractivity contribution in [3.05, 3.63) is 23.8 Å². The number of esters is 1. The lowest BCUT2D eigenvalue weighted by molar-refractivity contribution is -0.249. The molecular formula is C27H34F2O7. The Morgan fingerprint density at radius 3 is 2.56 bits per heavy atom. The molecule has 36 heavy (non-hydrogen) atoms. The maximum Gasteiger partial charge on any atom is 0.305 e. The van der Waals surface area contributed by atoms with Gasteiger partial charge in [0.25, 0.3) is 0 Å². The lowest BCUT2D eigenvalue weighted by Crippen LogP contribution is -2.71. The smallest absolute Gasteiger partial charge is 0.305 e. The number of aliphatic hydroxyl groups excluding tert-OH is 1. The highest BCUT2D eigenvalue weighted by molar-refractivity contribution is 6.01. The molecule has 0 aromatic rings. The van der Waals surface area contributed by atoms with Crippen LogP contribution in [0.25, 0.3) is 0 Å². The topological polar surface area (TPSA) is 99.1 Å². The molecule has 0 bridgehead atoms. The average molecular weight is 509 g/mol. The van der Waals surface area contributed by atoms with Gasteiger partial charge in [-0.1, -0.05) is 19.9 Å². The summed E-state index contributed by atoms with van der Waals surface area (Å²) in [5.74, 6) is -4.13. The van der Waals surface area contributed by atoms with Crippen molar-refractivity contribution in [3.8, 4) is 0 Å². The highest BCUT2D eigenvalue weighted by Crippen LogP contribution is 2.72. The molecule has 4 fully saturated rings. The summed E-state index contributed by atoms with van der Waals surface area (Å²) < 4.78 is 50.6. The molecule has 9 heteroatoms. The SMILES string of the molecule is CCC(=O)OCC(=O)[C@@]12OC(C)(C)OC1CC1C3CC(F)C4=CC(=O)C=C[C@]4(C)[C@@]3(F)C(O)C[C@@]12C. The van der Waals surface area contributed by atoms with Gasteiger partial charge < -0.3 is 19.3 Å². The van der Waals surface area contributed by atoms with Crippen LogP contribution in [-0.4, -0.2) is 64.7 Å². The minimum atomic E-state index is -2.27. The van der Waals surface area contributed by atoms with Crippen molar-refractivity contribution in [3.63, 3.8) is 0 Å². The van der Waals surface area contributed by atoms with Crippen molar-refractivity contribution in [1.29, 1.82) is 0 Å². The molecule has 0 aromatic carbocycles. The van der Waals surface area contributed by atoms with E-state index in [0.717, 1.165) is 6.08 Å². The number of hydrogen-bond donors (Lipinski definition) is 1. The summed E-state index contributed by atoms with van der Waals surface area (Å²) >= 11 is 0. The molecule has 1 aliphatic heterocycles. The van der Waals surface area contributed by atoms with Gasteiger partial charge in [0.1, 0.15) is 6.17 Å². The largest absolute Gasteiger partial charge is 0.458 e. The Hall–Kier alpha value is -1.97. The monoisotopic (exact) mass is 508 g/mol. The van der Waals surface area contributed by atoms with Crippen LogP contribution < -0.4 is 0 Å². The van der Waals surface area contributed by atoms with Gasteiger partial charge in [0.2, 0.25) is 5.78 Å². The number of allylic oxidation sites excluding steroid dienone is 4. The van der Waals surface area contributed by atoms with E-state index in [1.807, 2.05) is 0 Å². The zero-order valence-corrected chi connectivity index (χ0v) is 21.3.